The molecule has 0 bridgehead atoms. The molecule has 2 aromatic carbocycles. The lowest BCUT2D eigenvalue weighted by molar-refractivity contribution is -0.128. The molecule has 0 aliphatic carbocycles. The molecule has 0 radical (unpaired) electrons. The Morgan fingerprint density at radius 2 is 1.97 bits per heavy atom. The number of amides is 1. The molecule has 0 saturated carbocycles. The second-order valence-corrected chi connectivity index (χ2v) is 9.62. The fourth-order valence-corrected chi connectivity index (χ4v) is 3.98. The summed E-state index contributed by atoms with van der Waals surface area (Å²) in [6.07, 6.45) is 0. The maximum atomic E-state index is 12.4. The molecule has 0 aliphatic rings. The molecule has 0 fully saturated rings. The summed E-state index contributed by atoms with van der Waals surface area (Å²) in [6, 6.07) is 13.6. The molecule has 31 heavy (non-hydrogen) atoms. The van der Waals surface area contributed by atoms with Gasteiger partial charge in [0.1, 0.15) is 5.75 Å². The largest absolute Gasteiger partial charge is 0.497 e. The van der Waals surface area contributed by atoms with Gasteiger partial charge in [0, 0.05) is 16.2 Å². The van der Waals surface area contributed by atoms with Crippen molar-refractivity contribution in [3.63, 3.8) is 0 Å². The minimum absolute atomic E-state index is 0.0459. The van der Waals surface area contributed by atoms with Crippen LogP contribution in [-0.4, -0.2) is 27.8 Å². The monoisotopic (exact) mass is 458 g/mol. The SMILES string of the molecule is COc1cccc(CSc2nnc(CNC(=O)C(C)(C)C)n2-c2cc(Cl)ccc2C)c1. The van der Waals surface area contributed by atoms with Gasteiger partial charge in [-0.1, -0.05) is 62.3 Å². The van der Waals surface area contributed by atoms with Crippen molar-refractivity contribution in [1.29, 1.82) is 0 Å². The highest BCUT2D eigenvalue weighted by Crippen LogP contribution is 2.29. The number of hydrogen-bond acceptors (Lipinski definition) is 5. The van der Waals surface area contributed by atoms with Crippen LogP contribution in [0.3, 0.4) is 0 Å². The van der Waals surface area contributed by atoms with E-state index in [0.29, 0.717) is 16.6 Å². The first-order chi connectivity index (χ1) is 14.7. The number of carbonyl (C=O) groups excluding carboxylic acids is 1. The zero-order valence-electron chi connectivity index (χ0n) is 18.4. The number of thioether (sulfide) groups is 1. The number of aryl methyl sites for hydroxylation is 1. The van der Waals surface area contributed by atoms with Crippen molar-refractivity contribution in [2.24, 2.45) is 5.41 Å². The topological polar surface area (TPSA) is 69.0 Å². The molecule has 1 aromatic heterocycles. The summed E-state index contributed by atoms with van der Waals surface area (Å²) in [5, 5.41) is 13.1. The molecule has 1 N–H and O–H groups in total. The fourth-order valence-electron chi connectivity index (χ4n) is 2.91. The first-order valence-corrected chi connectivity index (χ1v) is 11.3. The van der Waals surface area contributed by atoms with Gasteiger partial charge in [0.05, 0.1) is 19.3 Å². The number of nitrogens with one attached hydrogen (secondary N) is 1. The van der Waals surface area contributed by atoms with E-state index < -0.39 is 5.41 Å². The minimum atomic E-state index is -0.485. The third kappa shape index (κ3) is 5.80. The van der Waals surface area contributed by atoms with Crippen LogP contribution in [0.2, 0.25) is 5.02 Å². The van der Waals surface area contributed by atoms with Gasteiger partial charge in [0.25, 0.3) is 0 Å². The molecule has 6 nitrogen and oxygen atoms in total. The van der Waals surface area contributed by atoms with Crippen LogP contribution in [0.25, 0.3) is 5.69 Å². The first-order valence-electron chi connectivity index (χ1n) is 9.94. The van der Waals surface area contributed by atoms with E-state index in [9.17, 15) is 4.79 Å². The molecule has 0 aliphatic heterocycles. The Balaban J connectivity index is 1.92. The van der Waals surface area contributed by atoms with Gasteiger partial charge in [-0.2, -0.15) is 0 Å². The standard InChI is InChI=1S/C23H27ClN4O2S/c1-15-9-10-17(24)12-19(15)28-20(13-25-21(29)23(2,3)4)26-27-22(28)31-14-16-7-6-8-18(11-16)30-5/h6-12H,13-14H2,1-5H3,(H,25,29). The van der Waals surface area contributed by atoms with Gasteiger partial charge in [-0.15, -0.1) is 10.2 Å². The summed E-state index contributed by atoms with van der Waals surface area (Å²) in [5.41, 5.74) is 2.56. The maximum Gasteiger partial charge on any atom is 0.225 e. The van der Waals surface area contributed by atoms with Crippen LogP contribution in [0, 0.1) is 12.3 Å². The number of carbonyl (C=O) groups is 1. The number of ether oxygens (including phenoxy) is 1. The average molecular weight is 459 g/mol. The molecule has 0 atom stereocenters. The van der Waals surface area contributed by atoms with Crippen LogP contribution in [0.5, 0.6) is 5.75 Å². The molecule has 1 heterocycles. The molecular weight excluding hydrogens is 432 g/mol. The van der Waals surface area contributed by atoms with Crippen molar-refractivity contribution in [2.45, 2.75) is 45.1 Å². The summed E-state index contributed by atoms with van der Waals surface area (Å²) in [7, 11) is 1.66. The number of benzene rings is 2. The Bertz CT molecular complexity index is 1080. The maximum absolute atomic E-state index is 12.4. The third-order valence-electron chi connectivity index (χ3n) is 4.70. The highest BCUT2D eigenvalue weighted by atomic mass is 35.5. The Morgan fingerprint density at radius 1 is 1.19 bits per heavy atom. The fraction of sp³-hybridized carbons (Fsp3) is 0.348. The molecule has 3 rings (SSSR count). The van der Waals surface area contributed by atoms with E-state index in [1.165, 1.54) is 0 Å². The van der Waals surface area contributed by atoms with Crippen molar-refractivity contribution in [3.05, 3.63) is 64.4 Å². The van der Waals surface area contributed by atoms with E-state index in [-0.39, 0.29) is 12.5 Å². The highest BCUT2D eigenvalue weighted by molar-refractivity contribution is 7.98. The number of aromatic nitrogens is 3. The summed E-state index contributed by atoms with van der Waals surface area (Å²) in [5.74, 6) is 2.12. The molecule has 8 heteroatoms. The van der Waals surface area contributed by atoms with Crippen molar-refractivity contribution in [1.82, 2.24) is 20.1 Å². The summed E-state index contributed by atoms with van der Waals surface area (Å²) >= 11 is 7.85. The molecular formula is C23H27ClN4O2S. The average Bonchev–Trinajstić information content (AvgIpc) is 3.14. The molecule has 1 amide bonds. The number of nitrogens with zero attached hydrogens (tertiary/aromatic N) is 3. The van der Waals surface area contributed by atoms with Crippen LogP contribution in [0.1, 0.15) is 37.7 Å². The van der Waals surface area contributed by atoms with Crippen LogP contribution < -0.4 is 10.1 Å². The van der Waals surface area contributed by atoms with Gasteiger partial charge >= 0.3 is 0 Å². The Morgan fingerprint density at radius 3 is 2.68 bits per heavy atom. The lowest BCUT2D eigenvalue weighted by Crippen LogP contribution is -2.35. The normalized spacial score (nSPS) is 11.4. The Kier molecular flexibility index (Phi) is 7.28. The third-order valence-corrected chi connectivity index (χ3v) is 5.94. The van der Waals surface area contributed by atoms with Crippen molar-refractivity contribution < 1.29 is 9.53 Å². The second-order valence-electron chi connectivity index (χ2n) is 8.24. The predicted octanol–water partition coefficient (Wildman–Crippen LogP) is 5.19. The molecule has 0 unspecified atom stereocenters. The Labute approximate surface area is 192 Å². The zero-order valence-corrected chi connectivity index (χ0v) is 20.0. The van der Waals surface area contributed by atoms with E-state index in [0.717, 1.165) is 27.7 Å². The minimum Gasteiger partial charge on any atom is -0.497 e. The van der Waals surface area contributed by atoms with E-state index in [4.69, 9.17) is 16.3 Å². The predicted molar refractivity (Wildman–Crippen MR) is 125 cm³/mol. The van der Waals surface area contributed by atoms with E-state index in [1.807, 2.05) is 74.7 Å². The number of hydrogen-bond donors (Lipinski definition) is 1. The summed E-state index contributed by atoms with van der Waals surface area (Å²) in [6.45, 7) is 7.92. The number of halogens is 1. The van der Waals surface area contributed by atoms with Crippen molar-refractivity contribution in [2.75, 3.05) is 7.11 Å². The van der Waals surface area contributed by atoms with E-state index >= 15 is 0 Å². The van der Waals surface area contributed by atoms with Gasteiger partial charge in [0.2, 0.25) is 5.91 Å². The van der Waals surface area contributed by atoms with Gasteiger partial charge in [-0.25, -0.2) is 0 Å². The first kappa shape index (κ1) is 23.2. The van der Waals surface area contributed by atoms with Crippen LogP contribution in [-0.2, 0) is 17.1 Å². The van der Waals surface area contributed by atoms with Gasteiger partial charge in [-0.3, -0.25) is 9.36 Å². The summed E-state index contributed by atoms with van der Waals surface area (Å²) < 4.78 is 7.28. The van der Waals surface area contributed by atoms with E-state index in [2.05, 4.69) is 15.5 Å². The molecule has 3 aromatic rings. The molecule has 0 spiro atoms. The number of rotatable bonds is 7. The zero-order chi connectivity index (χ0) is 22.6. The van der Waals surface area contributed by atoms with Crippen LogP contribution in [0.15, 0.2) is 47.6 Å². The quantitative estimate of drug-likeness (QED) is 0.493. The molecule has 0 saturated heterocycles. The van der Waals surface area contributed by atoms with Crippen molar-refractivity contribution >= 4 is 29.3 Å². The Hall–Kier alpha value is -2.51. The summed E-state index contributed by atoms with van der Waals surface area (Å²) in [4.78, 5) is 12.4. The lowest BCUT2D eigenvalue weighted by Gasteiger charge is -2.18. The second kappa shape index (κ2) is 9.75. The lowest BCUT2D eigenvalue weighted by atomic mass is 9.96. The van der Waals surface area contributed by atoms with Gasteiger partial charge < -0.3 is 10.1 Å². The van der Waals surface area contributed by atoms with Crippen LogP contribution >= 0.6 is 23.4 Å². The van der Waals surface area contributed by atoms with Crippen molar-refractivity contribution in [3.8, 4) is 11.4 Å². The highest BCUT2D eigenvalue weighted by Gasteiger charge is 2.23. The molecule has 164 valence electrons. The van der Waals surface area contributed by atoms with Gasteiger partial charge in [0.15, 0.2) is 11.0 Å². The van der Waals surface area contributed by atoms with Gasteiger partial charge in [-0.05, 0) is 42.3 Å². The number of methoxy groups -OCH3 is 1. The van der Waals surface area contributed by atoms with Crippen LogP contribution in [0.4, 0.5) is 0 Å². The smallest absolute Gasteiger partial charge is 0.225 e. The van der Waals surface area contributed by atoms with E-state index in [1.54, 1.807) is 18.9 Å².